The molecule has 0 aromatic carbocycles. The molecule has 27 heavy (non-hydrogen) atoms. The molecule has 0 spiro atoms. The molecule has 4 rings (SSSR count). The smallest absolute Gasteiger partial charge is 0.274 e. The van der Waals surface area contributed by atoms with E-state index < -0.39 is 0 Å². The molecule has 2 aliphatic heterocycles. The highest BCUT2D eigenvalue weighted by Crippen LogP contribution is 2.25. The van der Waals surface area contributed by atoms with E-state index >= 15 is 0 Å². The monoisotopic (exact) mass is 391 g/mol. The molecule has 2 fully saturated rings. The van der Waals surface area contributed by atoms with Gasteiger partial charge < -0.3 is 15.4 Å². The fraction of sp³-hybridized carbons (Fsp3) is 0.611. The van der Waals surface area contributed by atoms with Gasteiger partial charge in [-0.05, 0) is 33.2 Å². The summed E-state index contributed by atoms with van der Waals surface area (Å²) < 4.78 is 7.71. The maximum atomic E-state index is 13.3. The topological polar surface area (TPSA) is 93.2 Å². The van der Waals surface area contributed by atoms with Crippen molar-refractivity contribution in [3.8, 4) is 0 Å². The van der Waals surface area contributed by atoms with Crippen LogP contribution in [0.15, 0.2) is 11.6 Å². The van der Waals surface area contributed by atoms with Crippen molar-refractivity contribution in [1.29, 1.82) is 0 Å². The quantitative estimate of drug-likeness (QED) is 0.842. The highest BCUT2D eigenvalue weighted by molar-refractivity contribution is 7.15. The number of fused-ring (bicyclic) bond motifs is 1. The van der Waals surface area contributed by atoms with Gasteiger partial charge >= 0.3 is 0 Å². The number of hydrogen-bond acceptors (Lipinski definition) is 6. The highest BCUT2D eigenvalue weighted by Gasteiger charge is 2.34. The van der Waals surface area contributed by atoms with Crippen LogP contribution in [0.2, 0.25) is 0 Å². The molecule has 0 saturated carbocycles. The summed E-state index contributed by atoms with van der Waals surface area (Å²) in [7, 11) is 0. The van der Waals surface area contributed by atoms with Crippen LogP contribution in [0.25, 0.3) is 4.96 Å². The molecule has 2 aromatic rings. The van der Waals surface area contributed by atoms with Crippen LogP contribution in [0.3, 0.4) is 0 Å². The lowest BCUT2D eigenvalue weighted by Crippen LogP contribution is -2.48. The van der Waals surface area contributed by atoms with E-state index in [2.05, 4.69) is 9.88 Å². The summed E-state index contributed by atoms with van der Waals surface area (Å²) in [6.07, 6.45) is 3.63. The first-order chi connectivity index (χ1) is 12.9. The van der Waals surface area contributed by atoms with Gasteiger partial charge in [-0.3, -0.25) is 18.9 Å². The molecule has 0 aliphatic carbocycles. The van der Waals surface area contributed by atoms with Crippen LogP contribution in [0, 0.1) is 0 Å². The van der Waals surface area contributed by atoms with Gasteiger partial charge in [-0.1, -0.05) is 0 Å². The first-order valence-electron chi connectivity index (χ1n) is 9.36. The Bertz CT molecular complexity index is 852. The van der Waals surface area contributed by atoms with Gasteiger partial charge in [-0.2, -0.15) is 0 Å². The van der Waals surface area contributed by atoms with Crippen LogP contribution in [-0.4, -0.2) is 68.9 Å². The Hall–Kier alpha value is -1.97. The second-order valence-electron chi connectivity index (χ2n) is 7.46. The Morgan fingerprint density at radius 1 is 1.33 bits per heavy atom. The van der Waals surface area contributed by atoms with Crippen molar-refractivity contribution in [2.24, 2.45) is 5.73 Å². The lowest BCUT2D eigenvalue weighted by molar-refractivity contribution is -0.122. The lowest BCUT2D eigenvalue weighted by Gasteiger charge is -2.35. The molecule has 146 valence electrons. The summed E-state index contributed by atoms with van der Waals surface area (Å²) in [5.74, 6) is -0.375. The summed E-state index contributed by atoms with van der Waals surface area (Å²) >= 11 is 1.50. The van der Waals surface area contributed by atoms with Crippen molar-refractivity contribution in [3.05, 3.63) is 23.0 Å². The van der Waals surface area contributed by atoms with Crippen LogP contribution in [0.5, 0.6) is 0 Å². The summed E-state index contributed by atoms with van der Waals surface area (Å²) in [5, 5.41) is 1.95. The number of imidazole rings is 1. The Labute approximate surface area is 161 Å². The molecule has 0 radical (unpaired) electrons. The van der Waals surface area contributed by atoms with Crippen LogP contribution < -0.4 is 5.73 Å². The molecule has 0 unspecified atom stereocenters. The standard InChI is InChI=1S/C18H25N5O3S/c1-11-8-22(9-12(2)26-11)17(25)15-14(23-6-7-27-18(23)20-15)10-21-5-3-4-13(21)16(19)24/h6-7,11-13H,3-5,8-10H2,1-2H3,(H2,19,24)/t11-,12+,13-/m0/s1. The molecule has 2 aliphatic rings. The number of likely N-dealkylation sites (tertiary alicyclic amines) is 1. The zero-order valence-electron chi connectivity index (χ0n) is 15.6. The number of morpholine rings is 1. The van der Waals surface area contributed by atoms with Crippen molar-refractivity contribution >= 4 is 28.1 Å². The molecule has 2 amide bonds. The van der Waals surface area contributed by atoms with Gasteiger partial charge in [0.15, 0.2) is 10.7 Å². The van der Waals surface area contributed by atoms with Gasteiger partial charge in [-0.15, -0.1) is 11.3 Å². The average molecular weight is 391 g/mol. The molecule has 2 saturated heterocycles. The van der Waals surface area contributed by atoms with E-state index in [1.807, 2.05) is 34.7 Å². The minimum absolute atomic E-state index is 0.00251. The number of nitrogens with two attached hydrogens (primary N) is 1. The third-order valence-electron chi connectivity index (χ3n) is 5.32. The van der Waals surface area contributed by atoms with Crippen LogP contribution >= 0.6 is 11.3 Å². The number of hydrogen-bond donors (Lipinski definition) is 1. The maximum Gasteiger partial charge on any atom is 0.274 e. The maximum absolute atomic E-state index is 13.3. The van der Waals surface area contributed by atoms with Crippen molar-refractivity contribution in [1.82, 2.24) is 19.2 Å². The van der Waals surface area contributed by atoms with Gasteiger partial charge in [-0.25, -0.2) is 4.98 Å². The van der Waals surface area contributed by atoms with E-state index in [1.54, 1.807) is 0 Å². The predicted molar refractivity (Wildman–Crippen MR) is 102 cm³/mol. The van der Waals surface area contributed by atoms with E-state index in [0.29, 0.717) is 25.3 Å². The molecule has 8 nitrogen and oxygen atoms in total. The van der Waals surface area contributed by atoms with Crippen molar-refractivity contribution < 1.29 is 14.3 Å². The number of aromatic nitrogens is 2. The largest absolute Gasteiger partial charge is 0.372 e. The first kappa shape index (κ1) is 18.4. The number of nitrogens with zero attached hydrogens (tertiary/aromatic N) is 4. The number of carbonyl (C=O) groups excluding carboxylic acids is 2. The van der Waals surface area contributed by atoms with Crippen molar-refractivity contribution in [3.63, 3.8) is 0 Å². The normalized spacial score (nSPS) is 26.7. The second-order valence-corrected chi connectivity index (χ2v) is 8.33. The molecule has 2 aromatic heterocycles. The molecule has 0 bridgehead atoms. The van der Waals surface area contributed by atoms with Gasteiger partial charge in [0.1, 0.15) is 0 Å². The van der Waals surface area contributed by atoms with Crippen molar-refractivity contribution in [2.45, 2.75) is 51.5 Å². The fourth-order valence-corrected chi connectivity index (χ4v) is 4.91. The van der Waals surface area contributed by atoms with Gasteiger partial charge in [0.25, 0.3) is 5.91 Å². The zero-order valence-corrected chi connectivity index (χ0v) is 16.4. The summed E-state index contributed by atoms with van der Waals surface area (Å²) in [6, 6.07) is -0.277. The fourth-order valence-electron chi connectivity index (χ4n) is 4.18. The van der Waals surface area contributed by atoms with E-state index in [9.17, 15) is 9.59 Å². The Morgan fingerprint density at radius 3 is 2.78 bits per heavy atom. The number of rotatable bonds is 4. The second kappa shape index (κ2) is 7.21. The first-order valence-corrected chi connectivity index (χ1v) is 10.2. The number of primary amides is 1. The summed E-state index contributed by atoms with van der Waals surface area (Å²) in [6.45, 7) is 6.35. The molecule has 4 heterocycles. The van der Waals surface area contributed by atoms with Crippen LogP contribution in [0.1, 0.15) is 42.9 Å². The lowest BCUT2D eigenvalue weighted by atomic mass is 10.2. The molecule has 9 heteroatoms. The van der Waals surface area contributed by atoms with Gasteiger partial charge in [0.05, 0.1) is 23.9 Å². The van der Waals surface area contributed by atoms with Crippen LogP contribution in [-0.2, 0) is 16.1 Å². The van der Waals surface area contributed by atoms with Gasteiger partial charge in [0.2, 0.25) is 5.91 Å². The SMILES string of the molecule is C[C@@H]1CN(C(=O)c2nc3sccn3c2CN2CCC[C@H]2C(N)=O)C[C@H](C)O1. The van der Waals surface area contributed by atoms with Crippen molar-refractivity contribution in [2.75, 3.05) is 19.6 Å². The predicted octanol–water partition coefficient (Wildman–Crippen LogP) is 1.09. The van der Waals surface area contributed by atoms with E-state index in [0.717, 1.165) is 30.0 Å². The third-order valence-corrected chi connectivity index (χ3v) is 6.07. The highest BCUT2D eigenvalue weighted by atomic mass is 32.1. The van der Waals surface area contributed by atoms with E-state index in [-0.39, 0.29) is 30.1 Å². The minimum atomic E-state index is -0.303. The Morgan fingerprint density at radius 2 is 2.07 bits per heavy atom. The molecular weight excluding hydrogens is 366 g/mol. The van der Waals surface area contributed by atoms with E-state index in [4.69, 9.17) is 10.5 Å². The molecule has 3 atom stereocenters. The number of carbonyl (C=O) groups is 2. The molecular formula is C18H25N5O3S. The van der Waals surface area contributed by atoms with Gasteiger partial charge in [0, 0.05) is 31.2 Å². The zero-order chi connectivity index (χ0) is 19.1. The Balaban J connectivity index is 1.65. The van der Waals surface area contributed by atoms with Crippen LogP contribution in [0.4, 0.5) is 0 Å². The molecule has 2 N–H and O–H groups in total. The Kier molecular flexibility index (Phi) is 4.92. The summed E-state index contributed by atoms with van der Waals surface area (Å²) in [5.41, 5.74) is 6.87. The number of amides is 2. The number of ether oxygens (including phenoxy) is 1. The minimum Gasteiger partial charge on any atom is -0.372 e. The summed E-state index contributed by atoms with van der Waals surface area (Å²) in [4.78, 5) is 34.3. The van der Waals surface area contributed by atoms with E-state index in [1.165, 1.54) is 11.3 Å². The average Bonchev–Trinajstić information content (AvgIpc) is 3.30. The number of thiazole rings is 1. The third kappa shape index (κ3) is 3.46.